The summed E-state index contributed by atoms with van der Waals surface area (Å²) in [6.07, 6.45) is 1.52. The van der Waals surface area contributed by atoms with Crippen molar-refractivity contribution in [2.45, 2.75) is 13.0 Å². The number of carbonyl (C=O) groups is 1. The van der Waals surface area contributed by atoms with E-state index in [9.17, 15) is 4.79 Å². The van der Waals surface area contributed by atoms with Crippen LogP contribution in [0.4, 0.5) is 0 Å². The molecule has 1 unspecified atom stereocenters. The number of nitrogens with zero attached hydrogens (tertiary/aromatic N) is 1. The second kappa shape index (κ2) is 4.77. The molecule has 74 valence electrons. The lowest BCUT2D eigenvalue weighted by atomic mass is 10.2. The maximum atomic E-state index is 10.4. The summed E-state index contributed by atoms with van der Waals surface area (Å²) in [6, 6.07) is 6.30. The van der Waals surface area contributed by atoms with Crippen molar-refractivity contribution < 1.29 is 9.90 Å². The third-order valence-electron chi connectivity index (χ3n) is 1.67. The molecule has 1 rings (SSSR count). The highest BCUT2D eigenvalue weighted by Gasteiger charge is 2.06. The average molecular weight is 212 g/mol. The molecule has 0 fully saturated rings. The van der Waals surface area contributed by atoms with Gasteiger partial charge in [-0.2, -0.15) is 0 Å². The Hall–Kier alpha value is -1.35. The van der Waals surface area contributed by atoms with Gasteiger partial charge in [0.1, 0.15) is 6.04 Å². The molecule has 0 bridgehead atoms. The number of halogens is 1. The lowest BCUT2D eigenvalue weighted by Gasteiger charge is -1.97. The highest BCUT2D eigenvalue weighted by molar-refractivity contribution is 6.30. The fourth-order valence-electron chi connectivity index (χ4n) is 0.810. The Bertz CT molecular complexity index is 346. The molecule has 1 aromatic rings. The second-order valence-electron chi connectivity index (χ2n) is 2.84. The van der Waals surface area contributed by atoms with E-state index in [1.807, 2.05) is 0 Å². The summed E-state index contributed by atoms with van der Waals surface area (Å²) in [5, 5.41) is 9.22. The number of hydrogen-bond acceptors (Lipinski definition) is 2. The first-order valence-electron chi connectivity index (χ1n) is 4.11. The fourth-order valence-corrected chi connectivity index (χ4v) is 0.936. The predicted octanol–water partition coefficient (Wildman–Crippen LogP) is 2.23. The van der Waals surface area contributed by atoms with Gasteiger partial charge in [0.05, 0.1) is 0 Å². The van der Waals surface area contributed by atoms with Gasteiger partial charge >= 0.3 is 5.97 Å². The van der Waals surface area contributed by atoms with Crippen molar-refractivity contribution >= 4 is 23.8 Å². The lowest BCUT2D eigenvalue weighted by Crippen LogP contribution is -2.12. The average Bonchev–Trinajstić information content (AvgIpc) is 2.16. The highest BCUT2D eigenvalue weighted by atomic mass is 35.5. The van der Waals surface area contributed by atoms with Crippen LogP contribution in [0.5, 0.6) is 0 Å². The minimum absolute atomic E-state index is 0.647. The van der Waals surface area contributed by atoms with Crippen LogP contribution in [0.1, 0.15) is 12.5 Å². The normalized spacial score (nSPS) is 13.0. The maximum Gasteiger partial charge on any atom is 0.328 e. The van der Waals surface area contributed by atoms with Gasteiger partial charge in [0.2, 0.25) is 0 Å². The van der Waals surface area contributed by atoms with Crippen LogP contribution in [0.25, 0.3) is 0 Å². The molecule has 0 radical (unpaired) electrons. The number of aliphatic carboxylic acids is 1. The summed E-state index contributed by atoms with van der Waals surface area (Å²) in [7, 11) is 0. The van der Waals surface area contributed by atoms with Gasteiger partial charge in [-0.15, -0.1) is 0 Å². The van der Waals surface area contributed by atoms with Crippen molar-refractivity contribution in [3.63, 3.8) is 0 Å². The standard InChI is InChI=1S/C10H10ClNO2/c1-7(10(13)14)12-6-8-2-4-9(11)5-3-8/h2-7H,1H3,(H,13,14). The Balaban J connectivity index is 2.69. The Morgan fingerprint density at radius 3 is 2.57 bits per heavy atom. The van der Waals surface area contributed by atoms with Crippen LogP contribution in [0.3, 0.4) is 0 Å². The van der Waals surface area contributed by atoms with Gasteiger partial charge in [-0.3, -0.25) is 4.99 Å². The molecule has 0 saturated carbocycles. The molecule has 0 heterocycles. The fraction of sp³-hybridized carbons (Fsp3) is 0.200. The molecule has 4 heteroatoms. The smallest absolute Gasteiger partial charge is 0.328 e. The Labute approximate surface area is 87.0 Å². The molecule has 0 aliphatic heterocycles. The van der Waals surface area contributed by atoms with Gasteiger partial charge in [0.15, 0.2) is 0 Å². The second-order valence-corrected chi connectivity index (χ2v) is 3.28. The van der Waals surface area contributed by atoms with Crippen LogP contribution < -0.4 is 0 Å². The lowest BCUT2D eigenvalue weighted by molar-refractivity contribution is -0.137. The molecular weight excluding hydrogens is 202 g/mol. The number of aliphatic imine (C=N–C) groups is 1. The van der Waals surface area contributed by atoms with E-state index >= 15 is 0 Å². The van der Waals surface area contributed by atoms with Gasteiger partial charge in [0, 0.05) is 11.2 Å². The van der Waals surface area contributed by atoms with Gasteiger partial charge < -0.3 is 5.11 Å². The van der Waals surface area contributed by atoms with E-state index in [2.05, 4.69) is 4.99 Å². The van der Waals surface area contributed by atoms with E-state index in [4.69, 9.17) is 16.7 Å². The number of carboxylic acids is 1. The van der Waals surface area contributed by atoms with Crippen molar-refractivity contribution in [1.29, 1.82) is 0 Å². The molecular formula is C10H10ClNO2. The third kappa shape index (κ3) is 3.18. The molecule has 3 nitrogen and oxygen atoms in total. The quantitative estimate of drug-likeness (QED) is 0.780. The first-order chi connectivity index (χ1) is 6.59. The van der Waals surface area contributed by atoms with Crippen LogP contribution in [0, 0.1) is 0 Å². The monoisotopic (exact) mass is 211 g/mol. The maximum absolute atomic E-state index is 10.4. The van der Waals surface area contributed by atoms with Crippen LogP contribution in [0.15, 0.2) is 29.3 Å². The summed E-state index contributed by atoms with van der Waals surface area (Å²) in [6.45, 7) is 1.52. The van der Waals surface area contributed by atoms with Gasteiger partial charge in [0.25, 0.3) is 0 Å². The summed E-state index contributed by atoms with van der Waals surface area (Å²) >= 11 is 5.69. The summed E-state index contributed by atoms with van der Waals surface area (Å²) < 4.78 is 0. The zero-order valence-electron chi connectivity index (χ0n) is 7.64. The predicted molar refractivity (Wildman–Crippen MR) is 56.1 cm³/mol. The van der Waals surface area contributed by atoms with Gasteiger partial charge in [-0.25, -0.2) is 4.79 Å². The van der Waals surface area contributed by atoms with Crippen molar-refractivity contribution in [2.75, 3.05) is 0 Å². The highest BCUT2D eigenvalue weighted by Crippen LogP contribution is 2.08. The largest absolute Gasteiger partial charge is 0.480 e. The summed E-state index contributed by atoms with van der Waals surface area (Å²) in [4.78, 5) is 14.3. The minimum Gasteiger partial charge on any atom is -0.480 e. The zero-order chi connectivity index (χ0) is 10.6. The van der Waals surface area contributed by atoms with E-state index in [0.717, 1.165) is 5.56 Å². The molecule has 0 spiro atoms. The SMILES string of the molecule is CC(N=Cc1ccc(Cl)cc1)C(=O)O. The van der Waals surface area contributed by atoms with E-state index in [1.165, 1.54) is 13.1 Å². The van der Waals surface area contributed by atoms with Crippen LogP contribution in [-0.2, 0) is 4.79 Å². The number of hydrogen-bond donors (Lipinski definition) is 1. The van der Waals surface area contributed by atoms with Crippen molar-refractivity contribution in [2.24, 2.45) is 4.99 Å². The van der Waals surface area contributed by atoms with Crippen LogP contribution >= 0.6 is 11.6 Å². The number of benzene rings is 1. The van der Waals surface area contributed by atoms with E-state index in [0.29, 0.717) is 5.02 Å². The van der Waals surface area contributed by atoms with Crippen LogP contribution in [-0.4, -0.2) is 23.3 Å². The molecule has 0 saturated heterocycles. The molecule has 0 aliphatic rings. The van der Waals surface area contributed by atoms with Crippen molar-refractivity contribution in [3.05, 3.63) is 34.9 Å². The molecule has 0 aromatic heterocycles. The van der Waals surface area contributed by atoms with Gasteiger partial charge in [-0.1, -0.05) is 23.7 Å². The zero-order valence-corrected chi connectivity index (χ0v) is 8.40. The van der Waals surface area contributed by atoms with Crippen molar-refractivity contribution in [3.8, 4) is 0 Å². The number of rotatable bonds is 3. The number of carboxylic acid groups (broad SMARTS) is 1. The first kappa shape index (κ1) is 10.7. The summed E-state index contributed by atoms with van der Waals surface area (Å²) in [5.41, 5.74) is 0.836. The van der Waals surface area contributed by atoms with Crippen LogP contribution in [0.2, 0.25) is 5.02 Å². The Morgan fingerprint density at radius 2 is 2.07 bits per heavy atom. The Morgan fingerprint density at radius 1 is 1.50 bits per heavy atom. The molecule has 0 amide bonds. The molecule has 1 aromatic carbocycles. The molecule has 14 heavy (non-hydrogen) atoms. The van der Waals surface area contributed by atoms with E-state index in [-0.39, 0.29) is 0 Å². The molecule has 1 N–H and O–H groups in total. The van der Waals surface area contributed by atoms with E-state index in [1.54, 1.807) is 24.3 Å². The van der Waals surface area contributed by atoms with E-state index < -0.39 is 12.0 Å². The third-order valence-corrected chi connectivity index (χ3v) is 1.93. The topological polar surface area (TPSA) is 49.7 Å². The van der Waals surface area contributed by atoms with Gasteiger partial charge in [-0.05, 0) is 24.6 Å². The molecule has 0 aliphatic carbocycles. The minimum atomic E-state index is -0.935. The van der Waals surface area contributed by atoms with Crippen molar-refractivity contribution in [1.82, 2.24) is 0 Å². The Kier molecular flexibility index (Phi) is 3.65. The first-order valence-corrected chi connectivity index (χ1v) is 4.49. The molecule has 1 atom stereocenters. The summed E-state index contributed by atoms with van der Waals surface area (Å²) in [5.74, 6) is -0.935.